The van der Waals surface area contributed by atoms with Gasteiger partial charge in [0.1, 0.15) is 0 Å². The Balaban J connectivity index is 1.97. The topological polar surface area (TPSA) is 35.5 Å². The molecule has 1 saturated carbocycles. The van der Waals surface area contributed by atoms with Crippen LogP contribution in [-0.2, 0) is 14.3 Å². The predicted molar refractivity (Wildman–Crippen MR) is 63.5 cm³/mol. The van der Waals surface area contributed by atoms with E-state index in [2.05, 4.69) is 13.8 Å². The summed E-state index contributed by atoms with van der Waals surface area (Å²) in [5.74, 6) is 0.228. The summed E-state index contributed by atoms with van der Waals surface area (Å²) in [4.78, 5) is 11.5. The minimum absolute atomic E-state index is 0.0799. The second-order valence-electron chi connectivity index (χ2n) is 5.78. The Hall–Kier alpha value is -0.670. The lowest BCUT2D eigenvalue weighted by molar-refractivity contribution is -0.228. The molecule has 0 radical (unpaired) electrons. The molecule has 1 heterocycles. The van der Waals surface area contributed by atoms with Crippen LogP contribution in [0.1, 0.15) is 39.5 Å². The number of fused-ring (bicyclic) bond motifs is 1. The zero-order valence-electron chi connectivity index (χ0n) is 10.6. The van der Waals surface area contributed by atoms with E-state index in [1.165, 1.54) is 5.57 Å². The number of carbonyl (C=O) groups is 1. The largest absolute Gasteiger partial charge is 0.347 e. The Morgan fingerprint density at radius 2 is 1.94 bits per heavy atom. The second-order valence-corrected chi connectivity index (χ2v) is 5.78. The lowest BCUT2D eigenvalue weighted by atomic mass is 9.58. The Kier molecular flexibility index (Phi) is 2.46. The molecular formula is C14H20O3. The highest BCUT2D eigenvalue weighted by Crippen LogP contribution is 2.56. The monoisotopic (exact) mass is 236 g/mol. The van der Waals surface area contributed by atoms with E-state index >= 15 is 0 Å². The number of carbonyl (C=O) groups excluding carboxylic acids is 1. The van der Waals surface area contributed by atoms with Crippen LogP contribution < -0.4 is 0 Å². The van der Waals surface area contributed by atoms with Gasteiger partial charge in [0.15, 0.2) is 11.6 Å². The van der Waals surface area contributed by atoms with Crippen molar-refractivity contribution < 1.29 is 14.3 Å². The molecule has 3 heteroatoms. The zero-order chi connectivity index (χ0) is 12.1. The van der Waals surface area contributed by atoms with Crippen molar-refractivity contribution in [2.45, 2.75) is 45.3 Å². The van der Waals surface area contributed by atoms with E-state index in [0.29, 0.717) is 25.6 Å². The van der Waals surface area contributed by atoms with Gasteiger partial charge in [-0.25, -0.2) is 0 Å². The third kappa shape index (κ3) is 1.52. The quantitative estimate of drug-likeness (QED) is 0.648. The van der Waals surface area contributed by atoms with Gasteiger partial charge in [0, 0.05) is 18.8 Å². The molecule has 2 atom stereocenters. The average Bonchev–Trinajstić information content (AvgIpc) is 2.78. The van der Waals surface area contributed by atoms with E-state index in [9.17, 15) is 4.79 Å². The van der Waals surface area contributed by atoms with Gasteiger partial charge in [-0.2, -0.15) is 0 Å². The first kappa shape index (κ1) is 11.4. The first-order valence-electron chi connectivity index (χ1n) is 6.59. The van der Waals surface area contributed by atoms with Gasteiger partial charge in [0.2, 0.25) is 0 Å². The third-order valence-electron chi connectivity index (χ3n) is 5.09. The molecule has 2 fully saturated rings. The van der Waals surface area contributed by atoms with Gasteiger partial charge in [-0.15, -0.1) is 0 Å². The molecular weight excluding hydrogens is 216 g/mol. The van der Waals surface area contributed by atoms with E-state index in [-0.39, 0.29) is 17.0 Å². The Labute approximate surface area is 102 Å². The van der Waals surface area contributed by atoms with Crippen LogP contribution in [0.3, 0.4) is 0 Å². The fourth-order valence-electron chi connectivity index (χ4n) is 3.70. The molecule has 17 heavy (non-hydrogen) atoms. The van der Waals surface area contributed by atoms with Crippen LogP contribution in [0.4, 0.5) is 0 Å². The molecule has 0 aromatic heterocycles. The fourth-order valence-corrected chi connectivity index (χ4v) is 3.70. The van der Waals surface area contributed by atoms with E-state index in [1.807, 2.05) is 6.08 Å². The highest BCUT2D eigenvalue weighted by molar-refractivity contribution is 5.91. The van der Waals surface area contributed by atoms with Crippen LogP contribution in [0, 0.1) is 11.3 Å². The molecule has 3 aliphatic rings. The van der Waals surface area contributed by atoms with E-state index < -0.39 is 0 Å². The number of allylic oxidation sites excluding steroid dienone is 2. The zero-order valence-corrected chi connectivity index (χ0v) is 10.6. The molecule has 1 spiro atoms. The molecule has 0 N–H and O–H groups in total. The lowest BCUT2D eigenvalue weighted by Gasteiger charge is -2.51. The lowest BCUT2D eigenvalue weighted by Crippen LogP contribution is -2.51. The number of rotatable bonds is 0. The minimum atomic E-state index is -0.382. The SMILES string of the molecule is C[C@H]1C2(CCC3=CC(=O)CC[C@@]31C)OCCO2. The normalized spacial score (nSPS) is 40.2. The summed E-state index contributed by atoms with van der Waals surface area (Å²) < 4.78 is 11.8. The summed E-state index contributed by atoms with van der Waals surface area (Å²) >= 11 is 0. The van der Waals surface area contributed by atoms with Crippen molar-refractivity contribution in [3.8, 4) is 0 Å². The maximum absolute atomic E-state index is 11.5. The van der Waals surface area contributed by atoms with E-state index in [1.54, 1.807) is 0 Å². The van der Waals surface area contributed by atoms with Crippen molar-refractivity contribution in [3.05, 3.63) is 11.6 Å². The van der Waals surface area contributed by atoms with Crippen molar-refractivity contribution in [2.24, 2.45) is 11.3 Å². The number of hydrogen-bond donors (Lipinski definition) is 0. The summed E-state index contributed by atoms with van der Waals surface area (Å²) in [5.41, 5.74) is 1.39. The summed E-state index contributed by atoms with van der Waals surface area (Å²) in [6.07, 6.45) is 5.31. The van der Waals surface area contributed by atoms with Gasteiger partial charge >= 0.3 is 0 Å². The molecule has 1 aliphatic heterocycles. The molecule has 2 aliphatic carbocycles. The fraction of sp³-hybridized carbons (Fsp3) is 0.786. The third-order valence-corrected chi connectivity index (χ3v) is 5.09. The molecule has 3 nitrogen and oxygen atoms in total. The minimum Gasteiger partial charge on any atom is -0.347 e. The van der Waals surface area contributed by atoms with Crippen LogP contribution in [0.5, 0.6) is 0 Å². The summed E-state index contributed by atoms with van der Waals surface area (Å²) in [5, 5.41) is 0. The van der Waals surface area contributed by atoms with Gasteiger partial charge in [0.05, 0.1) is 13.2 Å². The second kappa shape index (κ2) is 3.66. The summed E-state index contributed by atoms with van der Waals surface area (Å²) in [6.45, 7) is 5.90. The Bertz CT molecular complexity index is 379. The first-order valence-corrected chi connectivity index (χ1v) is 6.59. The summed E-state index contributed by atoms with van der Waals surface area (Å²) in [6, 6.07) is 0. The molecule has 1 saturated heterocycles. The van der Waals surface area contributed by atoms with E-state index in [0.717, 1.165) is 19.3 Å². The van der Waals surface area contributed by atoms with Crippen LogP contribution in [-0.4, -0.2) is 24.8 Å². The Morgan fingerprint density at radius 3 is 2.65 bits per heavy atom. The highest BCUT2D eigenvalue weighted by Gasteiger charge is 2.55. The average molecular weight is 236 g/mol. The van der Waals surface area contributed by atoms with Crippen molar-refractivity contribution in [1.82, 2.24) is 0 Å². The number of ketones is 1. The van der Waals surface area contributed by atoms with Crippen LogP contribution >= 0.6 is 0 Å². The highest BCUT2D eigenvalue weighted by atomic mass is 16.7. The van der Waals surface area contributed by atoms with Crippen molar-refractivity contribution in [3.63, 3.8) is 0 Å². The van der Waals surface area contributed by atoms with E-state index in [4.69, 9.17) is 9.47 Å². The maximum atomic E-state index is 11.5. The Morgan fingerprint density at radius 1 is 1.24 bits per heavy atom. The molecule has 94 valence electrons. The standard InChI is InChI=1S/C14H20O3/c1-10-13(2)5-4-12(15)9-11(13)3-6-14(10)16-7-8-17-14/h9-10H,3-8H2,1-2H3/t10-,13-/m1/s1. The molecule has 0 aromatic carbocycles. The van der Waals surface area contributed by atoms with Crippen molar-refractivity contribution in [2.75, 3.05) is 13.2 Å². The van der Waals surface area contributed by atoms with Gasteiger partial charge in [-0.3, -0.25) is 4.79 Å². The summed E-state index contributed by atoms with van der Waals surface area (Å²) in [7, 11) is 0. The van der Waals surface area contributed by atoms with Crippen molar-refractivity contribution >= 4 is 5.78 Å². The van der Waals surface area contributed by atoms with Gasteiger partial charge in [0.25, 0.3) is 0 Å². The molecule has 3 rings (SSSR count). The predicted octanol–water partition coefficient (Wildman–Crippen LogP) is 2.46. The maximum Gasteiger partial charge on any atom is 0.172 e. The molecule has 0 unspecified atom stereocenters. The first-order chi connectivity index (χ1) is 8.07. The van der Waals surface area contributed by atoms with Gasteiger partial charge in [-0.1, -0.05) is 19.4 Å². The smallest absolute Gasteiger partial charge is 0.172 e. The molecule has 0 aromatic rings. The molecule has 0 bridgehead atoms. The van der Waals surface area contributed by atoms with Gasteiger partial charge < -0.3 is 9.47 Å². The molecule has 0 amide bonds. The van der Waals surface area contributed by atoms with Crippen LogP contribution in [0.15, 0.2) is 11.6 Å². The number of ether oxygens (including phenoxy) is 2. The van der Waals surface area contributed by atoms with Gasteiger partial charge in [-0.05, 0) is 24.3 Å². The number of hydrogen-bond acceptors (Lipinski definition) is 3. The van der Waals surface area contributed by atoms with Crippen LogP contribution in [0.25, 0.3) is 0 Å². The van der Waals surface area contributed by atoms with Crippen molar-refractivity contribution in [1.29, 1.82) is 0 Å². The van der Waals surface area contributed by atoms with Crippen LogP contribution in [0.2, 0.25) is 0 Å².